The minimum atomic E-state index is 0.297. The molecule has 1 N–H and O–H groups in total. The van der Waals surface area contributed by atoms with Gasteiger partial charge in [0.2, 0.25) is 0 Å². The van der Waals surface area contributed by atoms with Crippen molar-refractivity contribution in [3.05, 3.63) is 67.0 Å². The maximum atomic E-state index is 9.50. The van der Waals surface area contributed by atoms with Gasteiger partial charge in [0.1, 0.15) is 5.75 Å². The monoisotopic (exact) mass is 260 g/mol. The predicted molar refractivity (Wildman–Crippen MR) is 79.8 cm³/mol. The van der Waals surface area contributed by atoms with E-state index in [9.17, 15) is 5.11 Å². The molecule has 2 aromatic carbocycles. The molecule has 20 heavy (non-hydrogen) atoms. The molecule has 4 aromatic rings. The number of fused-ring (bicyclic) bond motifs is 2. The number of rotatable bonds is 1. The predicted octanol–water partition coefficient (Wildman–Crippen LogP) is 3.86. The van der Waals surface area contributed by atoms with E-state index >= 15 is 0 Å². The van der Waals surface area contributed by atoms with E-state index in [2.05, 4.69) is 29.4 Å². The summed E-state index contributed by atoms with van der Waals surface area (Å²) in [4.78, 5) is 0. The lowest BCUT2D eigenvalue weighted by atomic mass is 10.0. The Morgan fingerprint density at radius 3 is 2.55 bits per heavy atom. The average molecular weight is 260 g/mol. The normalized spacial score (nSPS) is 11.2. The summed E-state index contributed by atoms with van der Waals surface area (Å²) in [6.45, 7) is 0. The van der Waals surface area contributed by atoms with Crippen LogP contribution in [0.25, 0.3) is 27.4 Å². The van der Waals surface area contributed by atoms with Gasteiger partial charge < -0.3 is 5.11 Å². The second-order valence-corrected chi connectivity index (χ2v) is 4.86. The molecule has 0 fully saturated rings. The van der Waals surface area contributed by atoms with Gasteiger partial charge >= 0.3 is 0 Å². The molecule has 0 amide bonds. The molecule has 0 spiro atoms. The Balaban J connectivity index is 1.90. The highest BCUT2D eigenvalue weighted by Gasteiger charge is 2.02. The van der Waals surface area contributed by atoms with Crippen LogP contribution in [-0.2, 0) is 0 Å². The summed E-state index contributed by atoms with van der Waals surface area (Å²) in [5.74, 6) is 0.297. The number of aromatic hydroxyl groups is 1. The van der Waals surface area contributed by atoms with Gasteiger partial charge in [-0.1, -0.05) is 18.2 Å². The molecule has 0 aliphatic rings. The van der Waals surface area contributed by atoms with Gasteiger partial charge in [0, 0.05) is 12.4 Å². The van der Waals surface area contributed by atoms with Gasteiger partial charge in [-0.25, -0.2) is 4.52 Å². The summed E-state index contributed by atoms with van der Waals surface area (Å²) < 4.78 is 1.85. The van der Waals surface area contributed by atoms with Crippen LogP contribution in [0.15, 0.2) is 67.0 Å². The van der Waals surface area contributed by atoms with E-state index < -0.39 is 0 Å². The minimum Gasteiger partial charge on any atom is -0.508 e. The third-order valence-corrected chi connectivity index (χ3v) is 3.56. The molecule has 3 heteroatoms. The van der Waals surface area contributed by atoms with Crippen molar-refractivity contribution in [3.63, 3.8) is 0 Å². The molecule has 2 heterocycles. The quantitative estimate of drug-likeness (QED) is 0.564. The number of aromatic nitrogens is 2. The Morgan fingerprint density at radius 1 is 0.800 bits per heavy atom. The summed E-state index contributed by atoms with van der Waals surface area (Å²) >= 11 is 0. The van der Waals surface area contributed by atoms with Gasteiger partial charge in [-0.15, -0.1) is 0 Å². The van der Waals surface area contributed by atoms with E-state index in [0.29, 0.717) is 5.75 Å². The van der Waals surface area contributed by atoms with Crippen molar-refractivity contribution in [2.45, 2.75) is 0 Å². The van der Waals surface area contributed by atoms with E-state index in [1.807, 2.05) is 28.9 Å². The third kappa shape index (κ3) is 1.72. The van der Waals surface area contributed by atoms with E-state index in [4.69, 9.17) is 0 Å². The molecular weight excluding hydrogens is 248 g/mol. The van der Waals surface area contributed by atoms with E-state index in [0.717, 1.165) is 27.4 Å². The lowest BCUT2D eigenvalue weighted by molar-refractivity contribution is 0.476. The molecule has 0 radical (unpaired) electrons. The number of hydrogen-bond acceptors (Lipinski definition) is 2. The molecule has 0 aliphatic heterocycles. The number of phenolic OH excluding ortho intramolecular Hbond substituents is 1. The molecule has 0 bridgehead atoms. The average Bonchev–Trinajstić information content (AvgIpc) is 2.94. The second kappa shape index (κ2) is 4.10. The van der Waals surface area contributed by atoms with Crippen molar-refractivity contribution in [2.24, 2.45) is 0 Å². The van der Waals surface area contributed by atoms with Crippen LogP contribution in [-0.4, -0.2) is 14.7 Å². The largest absolute Gasteiger partial charge is 0.508 e. The molecule has 0 saturated carbocycles. The molecule has 4 rings (SSSR count). The van der Waals surface area contributed by atoms with E-state index in [1.165, 1.54) is 0 Å². The van der Waals surface area contributed by atoms with Crippen LogP contribution >= 0.6 is 0 Å². The van der Waals surface area contributed by atoms with Crippen LogP contribution in [0.1, 0.15) is 0 Å². The number of hydrogen-bond donors (Lipinski definition) is 1. The fourth-order valence-electron chi connectivity index (χ4n) is 2.51. The lowest BCUT2D eigenvalue weighted by Gasteiger charge is -2.05. The zero-order chi connectivity index (χ0) is 13.5. The van der Waals surface area contributed by atoms with Crippen LogP contribution in [0.2, 0.25) is 0 Å². The van der Waals surface area contributed by atoms with Gasteiger partial charge in [0.15, 0.2) is 0 Å². The van der Waals surface area contributed by atoms with E-state index in [1.54, 1.807) is 18.3 Å². The van der Waals surface area contributed by atoms with Crippen molar-refractivity contribution >= 4 is 16.3 Å². The van der Waals surface area contributed by atoms with Crippen molar-refractivity contribution < 1.29 is 5.11 Å². The summed E-state index contributed by atoms with van der Waals surface area (Å²) in [5.41, 5.74) is 3.40. The summed E-state index contributed by atoms with van der Waals surface area (Å²) in [5, 5.41) is 15.9. The van der Waals surface area contributed by atoms with Crippen LogP contribution in [0, 0.1) is 0 Å². The first-order valence-electron chi connectivity index (χ1n) is 6.46. The number of phenols is 1. The molecule has 2 aromatic heterocycles. The topological polar surface area (TPSA) is 37.5 Å². The van der Waals surface area contributed by atoms with Crippen molar-refractivity contribution in [2.75, 3.05) is 0 Å². The second-order valence-electron chi connectivity index (χ2n) is 4.86. The number of pyridine rings is 1. The third-order valence-electron chi connectivity index (χ3n) is 3.56. The Morgan fingerprint density at radius 2 is 1.60 bits per heavy atom. The molecule has 96 valence electrons. The standard InChI is InChI=1S/C17H12N2O/c20-17-4-3-13-9-12(1-2-14(13)11-17)15-6-8-19-16(10-15)5-7-18-19/h1-11,20H. The molecule has 0 atom stereocenters. The maximum Gasteiger partial charge on any atom is 0.116 e. The Kier molecular flexibility index (Phi) is 2.27. The summed E-state index contributed by atoms with van der Waals surface area (Å²) in [7, 11) is 0. The molecule has 0 unspecified atom stereocenters. The van der Waals surface area contributed by atoms with Crippen molar-refractivity contribution in [1.29, 1.82) is 0 Å². The van der Waals surface area contributed by atoms with Crippen molar-refractivity contribution in [3.8, 4) is 16.9 Å². The molecular formula is C17H12N2O. The van der Waals surface area contributed by atoms with Gasteiger partial charge in [-0.05, 0) is 58.3 Å². The zero-order valence-electron chi connectivity index (χ0n) is 10.7. The highest BCUT2D eigenvalue weighted by molar-refractivity contribution is 5.88. The van der Waals surface area contributed by atoms with Gasteiger partial charge in [-0.2, -0.15) is 5.10 Å². The maximum absolute atomic E-state index is 9.50. The minimum absolute atomic E-state index is 0.297. The van der Waals surface area contributed by atoms with Crippen LogP contribution in [0.4, 0.5) is 0 Å². The van der Waals surface area contributed by atoms with Crippen LogP contribution in [0.3, 0.4) is 0 Å². The van der Waals surface area contributed by atoms with Gasteiger partial charge in [0.05, 0.1) is 5.52 Å². The highest BCUT2D eigenvalue weighted by Crippen LogP contribution is 2.27. The Hall–Kier alpha value is -2.81. The first-order valence-corrected chi connectivity index (χ1v) is 6.46. The van der Waals surface area contributed by atoms with E-state index in [-0.39, 0.29) is 0 Å². The van der Waals surface area contributed by atoms with Crippen LogP contribution < -0.4 is 0 Å². The number of nitrogens with zero attached hydrogens (tertiary/aromatic N) is 2. The fourth-order valence-corrected chi connectivity index (χ4v) is 2.51. The summed E-state index contributed by atoms with van der Waals surface area (Å²) in [6, 6.07) is 17.8. The summed E-state index contributed by atoms with van der Waals surface area (Å²) in [6.07, 6.45) is 3.76. The van der Waals surface area contributed by atoms with Gasteiger partial charge in [-0.3, -0.25) is 0 Å². The highest BCUT2D eigenvalue weighted by atomic mass is 16.3. The SMILES string of the molecule is Oc1ccc2cc(-c3ccn4nccc4c3)ccc2c1. The number of benzene rings is 2. The lowest BCUT2D eigenvalue weighted by Crippen LogP contribution is -1.86. The first kappa shape index (κ1) is 11.1. The Labute approximate surface area is 115 Å². The molecule has 0 aliphatic carbocycles. The molecule has 0 saturated heterocycles. The van der Waals surface area contributed by atoms with Crippen LogP contribution in [0.5, 0.6) is 5.75 Å². The zero-order valence-corrected chi connectivity index (χ0v) is 10.7. The Bertz CT molecular complexity index is 924. The fraction of sp³-hybridized carbons (Fsp3) is 0. The van der Waals surface area contributed by atoms with Gasteiger partial charge in [0.25, 0.3) is 0 Å². The smallest absolute Gasteiger partial charge is 0.116 e. The first-order chi connectivity index (χ1) is 9.79. The van der Waals surface area contributed by atoms with Crippen molar-refractivity contribution in [1.82, 2.24) is 9.61 Å². The molecule has 3 nitrogen and oxygen atoms in total.